The van der Waals surface area contributed by atoms with Crippen molar-refractivity contribution in [3.05, 3.63) is 60.1 Å². The molecule has 0 aliphatic carbocycles. The first kappa shape index (κ1) is 13.4. The molecule has 1 aromatic heterocycles. The quantitative estimate of drug-likeness (QED) is 0.351. The summed E-state index contributed by atoms with van der Waals surface area (Å²) in [5, 5.41) is 33.3. The SMILES string of the molecule is [2H]c1c([2H])c([2H])c(C([2H])([2H])[C@]([2H])(NC(=O)c2cnccn2)C(=O)N[C@H](CC(C)(C)O)B(O)O)c([2H])c1[2H]. The number of carbonyl (C=O) groups is 2. The summed E-state index contributed by atoms with van der Waals surface area (Å²) in [4.78, 5) is 33.6. The van der Waals surface area contributed by atoms with Crippen LogP contribution in [0.3, 0.4) is 0 Å². The molecule has 0 radical (unpaired) electrons. The van der Waals surface area contributed by atoms with E-state index in [4.69, 9.17) is 11.0 Å². The maximum Gasteiger partial charge on any atom is 0.475 e. The molecule has 2 amide bonds. The standard InChI is InChI=1S/C19H25BN4O5/c1-19(2,27)11-16(20(28)29)24-17(25)14(10-13-6-4-3-5-7-13)23-18(26)15-12-21-8-9-22-15/h3-9,12,14,16,27-29H,10-11H2,1-2H3,(H,23,26)(H,24,25)/t14-,16+/m0/s1/i3D,4D,5D,6D,7D,10D2,14D. The van der Waals surface area contributed by atoms with Gasteiger partial charge in [-0.2, -0.15) is 0 Å². The zero-order valence-corrected chi connectivity index (χ0v) is 15.6. The summed E-state index contributed by atoms with van der Waals surface area (Å²) in [5.41, 5.74) is -3.12. The van der Waals surface area contributed by atoms with Gasteiger partial charge < -0.3 is 25.8 Å². The van der Waals surface area contributed by atoms with Crippen molar-refractivity contribution in [2.75, 3.05) is 0 Å². The van der Waals surface area contributed by atoms with Crippen LogP contribution in [0.2, 0.25) is 0 Å². The summed E-state index contributed by atoms with van der Waals surface area (Å²) in [6, 6.07) is -8.36. The first-order chi connectivity index (χ1) is 16.8. The van der Waals surface area contributed by atoms with Gasteiger partial charge >= 0.3 is 7.12 Å². The summed E-state index contributed by atoms with van der Waals surface area (Å²) < 4.78 is 65.6. The molecule has 5 N–H and O–H groups in total. The van der Waals surface area contributed by atoms with Crippen molar-refractivity contribution in [1.82, 2.24) is 20.6 Å². The average molecular weight is 408 g/mol. The first-order valence-electron chi connectivity index (χ1n) is 12.4. The Hall–Kier alpha value is -2.82. The lowest BCUT2D eigenvalue weighted by Gasteiger charge is -2.27. The molecule has 29 heavy (non-hydrogen) atoms. The number of nitrogens with zero attached hydrogens (tertiary/aromatic N) is 2. The Bertz CT molecular complexity index is 1160. The molecule has 0 aliphatic heterocycles. The van der Waals surface area contributed by atoms with E-state index in [9.17, 15) is 24.7 Å². The van der Waals surface area contributed by atoms with Crippen molar-refractivity contribution in [3.8, 4) is 0 Å². The van der Waals surface area contributed by atoms with E-state index in [0.29, 0.717) is 0 Å². The predicted molar refractivity (Wildman–Crippen MR) is 106 cm³/mol. The summed E-state index contributed by atoms with van der Waals surface area (Å²) in [5.74, 6) is -4.62. The monoisotopic (exact) mass is 408 g/mol. The van der Waals surface area contributed by atoms with E-state index in [0.717, 1.165) is 12.4 Å². The molecular weight excluding hydrogens is 375 g/mol. The highest BCUT2D eigenvalue weighted by molar-refractivity contribution is 6.43. The molecule has 2 aromatic rings. The smallest absolute Gasteiger partial charge is 0.426 e. The Labute approximate surface area is 180 Å². The number of aromatic nitrogens is 2. The average Bonchev–Trinajstić information content (AvgIpc) is 2.80. The van der Waals surface area contributed by atoms with Crippen molar-refractivity contribution in [3.63, 3.8) is 0 Å². The molecular formula is C19H25BN4O5. The number of benzene rings is 1. The zero-order valence-electron chi connectivity index (χ0n) is 23.6. The lowest BCUT2D eigenvalue weighted by atomic mass is 9.74. The Kier molecular flexibility index (Phi) is 4.67. The van der Waals surface area contributed by atoms with Crippen molar-refractivity contribution in [2.24, 2.45) is 0 Å². The summed E-state index contributed by atoms with van der Waals surface area (Å²) in [7, 11) is -2.29. The largest absolute Gasteiger partial charge is 0.475 e. The van der Waals surface area contributed by atoms with Crippen molar-refractivity contribution in [2.45, 2.75) is 44.2 Å². The molecule has 2 atom stereocenters. The van der Waals surface area contributed by atoms with E-state index in [1.54, 1.807) is 0 Å². The summed E-state index contributed by atoms with van der Waals surface area (Å²) >= 11 is 0. The van der Waals surface area contributed by atoms with Crippen LogP contribution < -0.4 is 10.6 Å². The maximum atomic E-state index is 13.4. The second-order valence-electron chi connectivity index (χ2n) is 6.55. The fourth-order valence-corrected chi connectivity index (χ4v) is 2.19. The molecule has 2 rings (SSSR count). The maximum absolute atomic E-state index is 13.4. The van der Waals surface area contributed by atoms with Crippen LogP contribution in [0.25, 0.3) is 0 Å². The fourth-order valence-electron chi connectivity index (χ4n) is 2.19. The van der Waals surface area contributed by atoms with Gasteiger partial charge in [0.1, 0.15) is 11.7 Å². The van der Waals surface area contributed by atoms with Gasteiger partial charge in [-0.15, -0.1) is 0 Å². The molecule has 0 bridgehead atoms. The van der Waals surface area contributed by atoms with Crippen molar-refractivity contribution >= 4 is 18.9 Å². The van der Waals surface area contributed by atoms with Crippen LogP contribution in [-0.4, -0.2) is 61.6 Å². The molecule has 0 spiro atoms. The highest BCUT2D eigenvalue weighted by atomic mass is 16.4. The number of rotatable bonds is 9. The summed E-state index contributed by atoms with van der Waals surface area (Å²) in [6.45, 7) is 2.56. The van der Waals surface area contributed by atoms with Crippen LogP contribution in [0.5, 0.6) is 0 Å². The van der Waals surface area contributed by atoms with Gasteiger partial charge in [0.05, 0.1) is 26.0 Å². The lowest BCUT2D eigenvalue weighted by Crippen LogP contribution is -2.56. The molecule has 0 unspecified atom stereocenters. The highest BCUT2D eigenvalue weighted by Gasteiger charge is 2.33. The molecule has 1 aromatic carbocycles. The summed E-state index contributed by atoms with van der Waals surface area (Å²) in [6.07, 6.45) is -0.730. The van der Waals surface area contributed by atoms with Gasteiger partial charge in [0, 0.05) is 21.5 Å². The number of aliphatic hydroxyl groups is 1. The second kappa shape index (κ2) is 10.1. The van der Waals surface area contributed by atoms with Crippen LogP contribution in [-0.2, 0) is 11.2 Å². The zero-order chi connectivity index (χ0) is 28.5. The van der Waals surface area contributed by atoms with Gasteiger partial charge in [-0.05, 0) is 25.8 Å². The Morgan fingerprint density at radius 2 is 1.97 bits per heavy atom. The van der Waals surface area contributed by atoms with E-state index in [1.807, 2.05) is 10.6 Å². The fraction of sp³-hybridized carbons (Fsp3) is 0.368. The first-order valence-corrected chi connectivity index (χ1v) is 8.40. The van der Waals surface area contributed by atoms with Gasteiger partial charge in [-0.25, -0.2) is 4.98 Å². The van der Waals surface area contributed by atoms with E-state index in [2.05, 4.69) is 9.97 Å². The molecule has 0 saturated heterocycles. The number of amides is 2. The van der Waals surface area contributed by atoms with Crippen molar-refractivity contribution < 1.29 is 35.7 Å². The third kappa shape index (κ3) is 7.61. The number of hydrogen-bond donors (Lipinski definition) is 5. The Morgan fingerprint density at radius 1 is 1.28 bits per heavy atom. The van der Waals surface area contributed by atoms with Gasteiger partial charge in [0.25, 0.3) is 5.91 Å². The minimum atomic E-state index is -3.51. The van der Waals surface area contributed by atoms with Crippen molar-refractivity contribution in [1.29, 1.82) is 0 Å². The number of hydrogen-bond acceptors (Lipinski definition) is 7. The number of carbonyl (C=O) groups excluding carboxylic acids is 2. The third-order valence-corrected chi connectivity index (χ3v) is 3.41. The predicted octanol–water partition coefficient (Wildman–Crippen LogP) is -0.525. The Morgan fingerprint density at radius 3 is 2.52 bits per heavy atom. The van der Waals surface area contributed by atoms with Crippen LogP contribution in [0.15, 0.2) is 48.8 Å². The van der Waals surface area contributed by atoms with E-state index in [1.165, 1.54) is 20.0 Å². The van der Waals surface area contributed by atoms with E-state index in [-0.39, 0.29) is 0 Å². The molecule has 0 fully saturated rings. The van der Waals surface area contributed by atoms with E-state index >= 15 is 0 Å². The van der Waals surface area contributed by atoms with Crippen LogP contribution in [0.1, 0.15) is 47.3 Å². The van der Waals surface area contributed by atoms with Gasteiger partial charge in [-0.1, -0.05) is 30.2 Å². The van der Waals surface area contributed by atoms with Crippen LogP contribution in [0, 0.1) is 0 Å². The van der Waals surface area contributed by atoms with E-state index < -0.39 is 90.8 Å². The molecule has 0 aliphatic rings. The topological polar surface area (TPSA) is 145 Å². The molecule has 1 heterocycles. The molecule has 9 nitrogen and oxygen atoms in total. The lowest BCUT2D eigenvalue weighted by molar-refractivity contribution is -0.123. The second-order valence-corrected chi connectivity index (χ2v) is 6.55. The van der Waals surface area contributed by atoms with Crippen LogP contribution in [0.4, 0.5) is 0 Å². The normalized spacial score (nSPS) is 18.8. The minimum absolute atomic E-state index is 0.445. The van der Waals surface area contributed by atoms with Gasteiger partial charge in [0.2, 0.25) is 5.91 Å². The minimum Gasteiger partial charge on any atom is -0.426 e. The number of nitrogens with one attached hydrogen (secondary N) is 2. The third-order valence-electron chi connectivity index (χ3n) is 3.41. The highest BCUT2D eigenvalue weighted by Crippen LogP contribution is 2.12. The molecule has 0 saturated carbocycles. The van der Waals surface area contributed by atoms with Gasteiger partial charge in [-0.3, -0.25) is 14.6 Å². The van der Waals surface area contributed by atoms with Crippen LogP contribution >= 0.6 is 0 Å². The molecule has 10 heteroatoms. The molecule has 154 valence electrons. The van der Waals surface area contributed by atoms with Gasteiger partial charge in [0.15, 0.2) is 0 Å². The Balaban J connectivity index is 2.72.